The van der Waals surface area contributed by atoms with Gasteiger partial charge in [0.15, 0.2) is 5.60 Å². The number of carboxylic acid groups (broad SMARTS) is 2. The molecule has 0 aliphatic rings. The Bertz CT molecular complexity index is 188. The van der Waals surface area contributed by atoms with Crippen molar-refractivity contribution in [3.05, 3.63) is 0 Å². The molecule has 1 atom stereocenters. The van der Waals surface area contributed by atoms with Crippen LogP contribution in [-0.2, 0) is 9.59 Å². The van der Waals surface area contributed by atoms with Crippen LogP contribution in [0.15, 0.2) is 0 Å². The van der Waals surface area contributed by atoms with E-state index in [4.69, 9.17) is 10.2 Å². The highest BCUT2D eigenvalue weighted by atomic mass is 16.4. The van der Waals surface area contributed by atoms with E-state index in [1.54, 1.807) is 6.92 Å². The molecule has 0 amide bonds. The van der Waals surface area contributed by atoms with Gasteiger partial charge in [-0.15, -0.1) is 0 Å². The van der Waals surface area contributed by atoms with Crippen LogP contribution >= 0.6 is 0 Å². The van der Waals surface area contributed by atoms with E-state index in [9.17, 15) is 14.7 Å². The topological polar surface area (TPSA) is 94.8 Å². The van der Waals surface area contributed by atoms with Crippen LogP contribution in [0.1, 0.15) is 26.2 Å². The molecular weight excluding hydrogens is 164 g/mol. The fourth-order valence-electron chi connectivity index (χ4n) is 0.935. The predicted octanol–water partition coefficient (Wildman–Crippen LogP) is 0.0769. The molecule has 5 heteroatoms. The molecule has 0 saturated carbocycles. The molecule has 0 aliphatic heterocycles. The van der Waals surface area contributed by atoms with Gasteiger partial charge in [0.25, 0.3) is 0 Å². The molecule has 0 rings (SSSR count). The van der Waals surface area contributed by atoms with Crippen LogP contribution in [-0.4, -0.2) is 32.9 Å². The normalized spacial score (nSPS) is 15.2. The maximum Gasteiger partial charge on any atom is 0.336 e. The Morgan fingerprint density at radius 2 is 1.83 bits per heavy atom. The summed E-state index contributed by atoms with van der Waals surface area (Å²) < 4.78 is 0. The Hall–Kier alpha value is -1.10. The van der Waals surface area contributed by atoms with Gasteiger partial charge in [-0.05, 0) is 6.42 Å². The first-order valence-corrected chi connectivity index (χ1v) is 3.60. The third-order valence-electron chi connectivity index (χ3n) is 1.51. The molecule has 0 aromatic rings. The van der Waals surface area contributed by atoms with Crippen LogP contribution in [0.25, 0.3) is 0 Å². The zero-order chi connectivity index (χ0) is 9.78. The van der Waals surface area contributed by atoms with Crippen molar-refractivity contribution < 1.29 is 24.9 Å². The molecule has 0 aromatic carbocycles. The van der Waals surface area contributed by atoms with E-state index < -0.39 is 24.0 Å². The summed E-state index contributed by atoms with van der Waals surface area (Å²) in [7, 11) is 0. The largest absolute Gasteiger partial charge is 0.481 e. The van der Waals surface area contributed by atoms with Gasteiger partial charge < -0.3 is 15.3 Å². The molecule has 0 fully saturated rings. The van der Waals surface area contributed by atoms with Crippen molar-refractivity contribution >= 4 is 11.9 Å². The summed E-state index contributed by atoms with van der Waals surface area (Å²) in [5.41, 5.74) is -2.11. The number of hydrogen-bond donors (Lipinski definition) is 3. The lowest BCUT2D eigenvalue weighted by Crippen LogP contribution is -2.40. The Morgan fingerprint density at radius 3 is 2.08 bits per heavy atom. The van der Waals surface area contributed by atoms with Gasteiger partial charge >= 0.3 is 11.9 Å². The summed E-state index contributed by atoms with van der Waals surface area (Å²) in [6.45, 7) is 1.68. The van der Waals surface area contributed by atoms with Crippen LogP contribution in [0.3, 0.4) is 0 Å². The first-order valence-electron chi connectivity index (χ1n) is 3.60. The van der Waals surface area contributed by atoms with E-state index in [-0.39, 0.29) is 6.42 Å². The van der Waals surface area contributed by atoms with Crippen molar-refractivity contribution in [3.63, 3.8) is 0 Å². The summed E-state index contributed by atoms with van der Waals surface area (Å²) in [6.07, 6.45) is -0.374. The highest BCUT2D eigenvalue weighted by Crippen LogP contribution is 2.17. The lowest BCUT2D eigenvalue weighted by Gasteiger charge is -2.19. The van der Waals surface area contributed by atoms with Gasteiger partial charge in [-0.3, -0.25) is 4.79 Å². The van der Waals surface area contributed by atoms with E-state index in [1.165, 1.54) is 0 Å². The second kappa shape index (κ2) is 4.06. The molecule has 70 valence electrons. The molecule has 5 nitrogen and oxygen atoms in total. The Labute approximate surface area is 69.6 Å². The van der Waals surface area contributed by atoms with Crippen LogP contribution in [0, 0.1) is 0 Å². The van der Waals surface area contributed by atoms with Crippen molar-refractivity contribution in [2.24, 2.45) is 0 Å². The minimum absolute atomic E-state index is 0.0470. The summed E-state index contributed by atoms with van der Waals surface area (Å²) in [4.78, 5) is 20.6. The zero-order valence-electron chi connectivity index (χ0n) is 6.78. The van der Waals surface area contributed by atoms with Gasteiger partial charge in [0.1, 0.15) is 0 Å². The van der Waals surface area contributed by atoms with Crippen LogP contribution in [0.5, 0.6) is 0 Å². The fraction of sp³-hybridized carbons (Fsp3) is 0.714. The average molecular weight is 176 g/mol. The van der Waals surface area contributed by atoms with Crippen molar-refractivity contribution in [1.29, 1.82) is 0 Å². The van der Waals surface area contributed by atoms with E-state index in [2.05, 4.69) is 0 Å². The summed E-state index contributed by atoms with van der Waals surface area (Å²) >= 11 is 0. The number of aliphatic hydroxyl groups is 1. The monoisotopic (exact) mass is 176 g/mol. The predicted molar refractivity (Wildman–Crippen MR) is 39.7 cm³/mol. The molecule has 0 aliphatic carbocycles. The molecule has 0 aromatic heterocycles. The van der Waals surface area contributed by atoms with Crippen molar-refractivity contribution in [1.82, 2.24) is 0 Å². The molecule has 0 bridgehead atoms. The summed E-state index contributed by atoms with van der Waals surface area (Å²) in [5.74, 6) is -2.79. The van der Waals surface area contributed by atoms with Gasteiger partial charge in [-0.2, -0.15) is 0 Å². The first kappa shape index (κ1) is 10.9. The Balaban J connectivity index is 4.38. The maximum absolute atomic E-state index is 10.4. The average Bonchev–Trinajstić information content (AvgIpc) is 1.85. The second-order valence-corrected chi connectivity index (χ2v) is 2.66. The minimum atomic E-state index is -2.11. The molecule has 0 radical (unpaired) electrons. The first-order chi connectivity index (χ1) is 5.42. The Morgan fingerprint density at radius 1 is 1.33 bits per heavy atom. The van der Waals surface area contributed by atoms with E-state index in [1.807, 2.05) is 0 Å². The summed E-state index contributed by atoms with van der Waals surface area (Å²) in [5, 5.41) is 26.1. The lowest BCUT2D eigenvalue weighted by atomic mass is 9.94. The van der Waals surface area contributed by atoms with Crippen LogP contribution in [0.2, 0.25) is 0 Å². The molecule has 12 heavy (non-hydrogen) atoms. The van der Waals surface area contributed by atoms with E-state index in [0.717, 1.165) is 0 Å². The number of hydrogen-bond acceptors (Lipinski definition) is 3. The second-order valence-electron chi connectivity index (χ2n) is 2.66. The highest BCUT2D eigenvalue weighted by Gasteiger charge is 2.37. The fourth-order valence-corrected chi connectivity index (χ4v) is 0.935. The van der Waals surface area contributed by atoms with Crippen LogP contribution in [0.4, 0.5) is 0 Å². The van der Waals surface area contributed by atoms with Crippen LogP contribution < -0.4 is 0 Å². The number of aliphatic carboxylic acids is 2. The quantitative estimate of drug-likeness (QED) is 0.551. The number of carboxylic acids is 2. The Kier molecular flexibility index (Phi) is 3.69. The third-order valence-corrected chi connectivity index (χ3v) is 1.51. The molecule has 0 spiro atoms. The van der Waals surface area contributed by atoms with Gasteiger partial charge in [0.05, 0.1) is 6.42 Å². The molecular formula is C7H12O5. The molecule has 0 heterocycles. The SMILES string of the molecule is CCCC(O)(CC(=O)O)C(=O)O. The highest BCUT2D eigenvalue weighted by molar-refractivity contribution is 5.83. The zero-order valence-corrected chi connectivity index (χ0v) is 6.78. The van der Waals surface area contributed by atoms with Gasteiger partial charge in [-0.25, -0.2) is 4.79 Å². The van der Waals surface area contributed by atoms with Gasteiger partial charge in [0, 0.05) is 0 Å². The standard InChI is InChI=1S/C7H12O5/c1-2-3-7(12,6(10)11)4-5(8)9/h12H,2-4H2,1H3,(H,8,9)(H,10,11). The summed E-state index contributed by atoms with van der Waals surface area (Å²) in [6, 6.07) is 0. The van der Waals surface area contributed by atoms with Crippen molar-refractivity contribution in [2.45, 2.75) is 31.8 Å². The third kappa shape index (κ3) is 2.87. The smallest absolute Gasteiger partial charge is 0.336 e. The number of rotatable bonds is 5. The maximum atomic E-state index is 10.4. The lowest BCUT2D eigenvalue weighted by molar-refractivity contribution is -0.166. The van der Waals surface area contributed by atoms with E-state index >= 15 is 0 Å². The molecule has 0 saturated heterocycles. The van der Waals surface area contributed by atoms with Gasteiger partial charge in [0.2, 0.25) is 0 Å². The van der Waals surface area contributed by atoms with E-state index in [0.29, 0.717) is 6.42 Å². The molecule has 3 N–H and O–H groups in total. The minimum Gasteiger partial charge on any atom is -0.481 e. The van der Waals surface area contributed by atoms with Crippen molar-refractivity contribution in [3.8, 4) is 0 Å². The number of carbonyl (C=O) groups is 2. The van der Waals surface area contributed by atoms with Crippen molar-refractivity contribution in [2.75, 3.05) is 0 Å². The van der Waals surface area contributed by atoms with Gasteiger partial charge in [-0.1, -0.05) is 13.3 Å². The molecule has 1 unspecified atom stereocenters.